The fraction of sp³-hybridized carbons (Fsp3) is 0.353. The van der Waals surface area contributed by atoms with E-state index in [1.54, 1.807) is 36.9 Å². The predicted molar refractivity (Wildman–Crippen MR) is 86.8 cm³/mol. The van der Waals surface area contributed by atoms with Gasteiger partial charge in [0, 0.05) is 25.9 Å². The molecule has 1 unspecified atom stereocenters. The lowest BCUT2D eigenvalue weighted by molar-refractivity contribution is -0.119. The van der Waals surface area contributed by atoms with Gasteiger partial charge in [-0.05, 0) is 25.0 Å². The summed E-state index contributed by atoms with van der Waals surface area (Å²) in [6.45, 7) is 2.48. The van der Waals surface area contributed by atoms with Gasteiger partial charge in [-0.15, -0.1) is 0 Å². The molecule has 0 radical (unpaired) electrons. The number of nitrogens with one attached hydrogen (secondary N) is 1. The van der Waals surface area contributed by atoms with Gasteiger partial charge in [0.15, 0.2) is 0 Å². The van der Waals surface area contributed by atoms with Crippen LogP contribution in [0.1, 0.15) is 47.6 Å². The molecule has 1 fully saturated rings. The smallest absolute Gasteiger partial charge is 0.255 e. The van der Waals surface area contributed by atoms with E-state index in [-0.39, 0.29) is 17.9 Å². The minimum atomic E-state index is -0.114. The van der Waals surface area contributed by atoms with E-state index < -0.39 is 0 Å². The third-order valence-electron chi connectivity index (χ3n) is 3.99. The van der Waals surface area contributed by atoms with Gasteiger partial charge in [-0.1, -0.05) is 0 Å². The number of carbonyl (C=O) groups excluding carboxylic acids is 2. The molecule has 7 heteroatoms. The number of pyridine rings is 1. The van der Waals surface area contributed by atoms with Crippen molar-refractivity contribution in [1.29, 1.82) is 0 Å². The quantitative estimate of drug-likeness (QED) is 0.920. The van der Waals surface area contributed by atoms with Crippen LogP contribution in [0.15, 0.2) is 36.9 Å². The van der Waals surface area contributed by atoms with Crippen LogP contribution < -0.4 is 5.32 Å². The lowest BCUT2D eigenvalue weighted by atomic mass is 10.1. The number of aromatic nitrogens is 3. The SMILES string of the molecule is CC(=O)NCc1cncc(C2CCCN2C(=O)c2cccnc2)n1. The van der Waals surface area contributed by atoms with Gasteiger partial charge in [-0.25, -0.2) is 0 Å². The lowest BCUT2D eigenvalue weighted by Gasteiger charge is -2.24. The van der Waals surface area contributed by atoms with E-state index in [1.165, 1.54) is 6.92 Å². The Balaban J connectivity index is 1.79. The van der Waals surface area contributed by atoms with Crippen LogP contribution in [-0.4, -0.2) is 38.2 Å². The summed E-state index contributed by atoms with van der Waals surface area (Å²) in [7, 11) is 0. The van der Waals surface area contributed by atoms with Gasteiger partial charge in [0.05, 0.1) is 41.9 Å². The Kier molecular flexibility index (Phi) is 4.79. The second-order valence-corrected chi connectivity index (χ2v) is 5.74. The summed E-state index contributed by atoms with van der Waals surface area (Å²) < 4.78 is 0. The minimum Gasteiger partial charge on any atom is -0.351 e. The molecule has 2 amide bonds. The number of carbonyl (C=O) groups is 2. The van der Waals surface area contributed by atoms with Crippen LogP contribution in [0.3, 0.4) is 0 Å². The van der Waals surface area contributed by atoms with Gasteiger partial charge in [-0.2, -0.15) is 0 Å². The maximum Gasteiger partial charge on any atom is 0.255 e. The van der Waals surface area contributed by atoms with Crippen LogP contribution in [0.25, 0.3) is 0 Å². The Morgan fingerprint density at radius 1 is 1.29 bits per heavy atom. The van der Waals surface area contributed by atoms with Gasteiger partial charge in [-0.3, -0.25) is 24.5 Å². The van der Waals surface area contributed by atoms with E-state index in [1.807, 2.05) is 4.90 Å². The fourth-order valence-corrected chi connectivity index (χ4v) is 2.86. The molecule has 0 saturated carbocycles. The zero-order valence-corrected chi connectivity index (χ0v) is 13.5. The van der Waals surface area contributed by atoms with Crippen molar-refractivity contribution in [2.45, 2.75) is 32.4 Å². The predicted octanol–water partition coefficient (Wildman–Crippen LogP) is 1.48. The Labute approximate surface area is 140 Å². The number of hydrogen-bond donors (Lipinski definition) is 1. The average Bonchev–Trinajstić information content (AvgIpc) is 3.10. The van der Waals surface area contributed by atoms with Crippen molar-refractivity contribution in [2.75, 3.05) is 6.54 Å². The molecule has 3 rings (SSSR count). The molecule has 1 saturated heterocycles. The molecule has 0 spiro atoms. The van der Waals surface area contributed by atoms with E-state index in [9.17, 15) is 9.59 Å². The van der Waals surface area contributed by atoms with Crippen molar-refractivity contribution in [3.63, 3.8) is 0 Å². The van der Waals surface area contributed by atoms with Crippen LogP contribution in [0.2, 0.25) is 0 Å². The van der Waals surface area contributed by atoms with E-state index in [0.29, 0.717) is 24.3 Å². The Bertz CT molecular complexity index is 735. The Hall–Kier alpha value is -2.83. The van der Waals surface area contributed by atoms with Gasteiger partial charge in [0.25, 0.3) is 5.91 Å². The van der Waals surface area contributed by atoms with Gasteiger partial charge in [0.1, 0.15) is 0 Å². The monoisotopic (exact) mass is 325 g/mol. The number of amides is 2. The molecule has 124 valence electrons. The third-order valence-corrected chi connectivity index (χ3v) is 3.99. The second kappa shape index (κ2) is 7.16. The van der Waals surface area contributed by atoms with E-state index >= 15 is 0 Å². The summed E-state index contributed by atoms with van der Waals surface area (Å²) in [6, 6.07) is 3.43. The van der Waals surface area contributed by atoms with E-state index in [0.717, 1.165) is 18.5 Å². The highest BCUT2D eigenvalue weighted by Gasteiger charge is 2.31. The second-order valence-electron chi connectivity index (χ2n) is 5.74. The summed E-state index contributed by atoms with van der Waals surface area (Å²) in [5.74, 6) is -0.156. The molecule has 0 aliphatic carbocycles. The molecular formula is C17H19N5O2. The van der Waals surface area contributed by atoms with Crippen molar-refractivity contribution in [2.24, 2.45) is 0 Å². The summed E-state index contributed by atoms with van der Waals surface area (Å²) in [5, 5.41) is 2.71. The molecule has 1 atom stereocenters. The zero-order valence-electron chi connectivity index (χ0n) is 13.5. The molecular weight excluding hydrogens is 306 g/mol. The van der Waals surface area contributed by atoms with E-state index in [4.69, 9.17) is 0 Å². The molecule has 0 aromatic carbocycles. The van der Waals surface area contributed by atoms with Crippen molar-refractivity contribution >= 4 is 11.8 Å². The molecule has 1 N–H and O–H groups in total. The van der Waals surface area contributed by atoms with Crippen LogP contribution in [0.4, 0.5) is 0 Å². The van der Waals surface area contributed by atoms with Crippen molar-refractivity contribution in [3.05, 3.63) is 53.9 Å². The van der Waals surface area contributed by atoms with Gasteiger partial charge >= 0.3 is 0 Å². The summed E-state index contributed by atoms with van der Waals surface area (Å²) >= 11 is 0. The molecule has 1 aliphatic heterocycles. The zero-order chi connectivity index (χ0) is 16.9. The first-order chi connectivity index (χ1) is 11.6. The highest BCUT2D eigenvalue weighted by molar-refractivity contribution is 5.94. The highest BCUT2D eigenvalue weighted by Crippen LogP contribution is 2.31. The molecule has 24 heavy (non-hydrogen) atoms. The van der Waals surface area contributed by atoms with E-state index in [2.05, 4.69) is 20.3 Å². The number of hydrogen-bond acceptors (Lipinski definition) is 5. The first-order valence-corrected chi connectivity index (χ1v) is 7.91. The largest absolute Gasteiger partial charge is 0.351 e. The summed E-state index contributed by atoms with van der Waals surface area (Å²) in [5.41, 5.74) is 2.02. The number of nitrogens with zero attached hydrogens (tertiary/aromatic N) is 4. The standard InChI is InChI=1S/C17H19N5O2/c1-12(23)20-10-14-9-19-11-15(21-14)16-5-3-7-22(16)17(24)13-4-2-6-18-8-13/h2,4,6,8-9,11,16H,3,5,7,10H2,1H3,(H,20,23). The normalized spacial score (nSPS) is 16.9. The highest BCUT2D eigenvalue weighted by atomic mass is 16.2. The molecule has 2 aromatic heterocycles. The summed E-state index contributed by atoms with van der Waals surface area (Å²) in [4.78, 5) is 38.4. The molecule has 1 aliphatic rings. The van der Waals surface area contributed by atoms with Crippen LogP contribution in [-0.2, 0) is 11.3 Å². The molecule has 0 bridgehead atoms. The Morgan fingerprint density at radius 2 is 2.17 bits per heavy atom. The van der Waals surface area contributed by atoms with Crippen LogP contribution in [0.5, 0.6) is 0 Å². The lowest BCUT2D eigenvalue weighted by Crippen LogP contribution is -2.31. The first-order valence-electron chi connectivity index (χ1n) is 7.91. The van der Waals surface area contributed by atoms with Crippen LogP contribution >= 0.6 is 0 Å². The first kappa shape index (κ1) is 16.0. The topological polar surface area (TPSA) is 88.1 Å². The third kappa shape index (κ3) is 3.56. The van der Waals surface area contributed by atoms with Crippen molar-refractivity contribution in [3.8, 4) is 0 Å². The summed E-state index contributed by atoms with van der Waals surface area (Å²) in [6.07, 6.45) is 8.32. The molecule has 2 aromatic rings. The van der Waals surface area contributed by atoms with Crippen molar-refractivity contribution < 1.29 is 9.59 Å². The van der Waals surface area contributed by atoms with Crippen LogP contribution in [0, 0.1) is 0 Å². The van der Waals surface area contributed by atoms with Crippen molar-refractivity contribution in [1.82, 2.24) is 25.2 Å². The molecule has 3 heterocycles. The number of likely N-dealkylation sites (tertiary alicyclic amines) is 1. The average molecular weight is 325 g/mol. The maximum atomic E-state index is 12.7. The number of rotatable bonds is 4. The maximum absolute atomic E-state index is 12.7. The minimum absolute atomic E-state index is 0.0420. The van der Waals surface area contributed by atoms with Gasteiger partial charge < -0.3 is 10.2 Å². The fourth-order valence-electron chi connectivity index (χ4n) is 2.86. The Morgan fingerprint density at radius 3 is 2.92 bits per heavy atom. The van der Waals surface area contributed by atoms with Gasteiger partial charge in [0.2, 0.25) is 5.91 Å². The molecule has 7 nitrogen and oxygen atoms in total.